The summed E-state index contributed by atoms with van der Waals surface area (Å²) in [5.41, 5.74) is 1.74. The molecule has 2 aromatic carbocycles. The molecule has 1 aliphatic rings. The highest BCUT2D eigenvalue weighted by Gasteiger charge is 2.33. The van der Waals surface area contributed by atoms with Gasteiger partial charge in [0.05, 0.1) is 28.5 Å². The van der Waals surface area contributed by atoms with Crippen molar-refractivity contribution in [3.05, 3.63) is 101 Å². The summed E-state index contributed by atoms with van der Waals surface area (Å²) in [5.74, 6) is -0.913. The van der Waals surface area contributed by atoms with Gasteiger partial charge in [0, 0.05) is 5.02 Å². The Hall–Kier alpha value is -3.03. The summed E-state index contributed by atoms with van der Waals surface area (Å²) in [6.07, 6.45) is 1.62. The van der Waals surface area contributed by atoms with E-state index >= 15 is 0 Å². The van der Waals surface area contributed by atoms with Crippen LogP contribution in [0.15, 0.2) is 69.6 Å². The minimum atomic E-state index is -0.706. The maximum Gasteiger partial charge on any atom is 0.338 e. The van der Waals surface area contributed by atoms with Gasteiger partial charge in [0.25, 0.3) is 5.56 Å². The van der Waals surface area contributed by atoms with Gasteiger partial charge >= 0.3 is 5.97 Å². The molecule has 0 N–H and O–H groups in total. The second-order valence-electron chi connectivity index (χ2n) is 6.91. The first kappa shape index (κ1) is 21.2. The van der Waals surface area contributed by atoms with Gasteiger partial charge in [-0.05, 0) is 55.3 Å². The van der Waals surface area contributed by atoms with Crippen LogP contribution in [0.3, 0.4) is 0 Å². The number of halogens is 2. The normalized spacial score (nSPS) is 16.1. The monoisotopic (exact) mass is 456 g/mol. The Morgan fingerprint density at radius 1 is 1.29 bits per heavy atom. The lowest BCUT2D eigenvalue weighted by Crippen LogP contribution is -2.39. The summed E-state index contributed by atoms with van der Waals surface area (Å²) in [5, 5.41) is 0.542. The third-order valence-electron chi connectivity index (χ3n) is 4.85. The van der Waals surface area contributed by atoms with Gasteiger partial charge in [-0.25, -0.2) is 14.2 Å². The number of carbonyl (C=O) groups is 1. The zero-order chi connectivity index (χ0) is 22.1. The van der Waals surface area contributed by atoms with Gasteiger partial charge < -0.3 is 4.74 Å². The molecule has 1 aliphatic heterocycles. The third kappa shape index (κ3) is 4.11. The first-order valence-electron chi connectivity index (χ1n) is 9.59. The number of allylic oxidation sites excluding steroid dienone is 1. The maximum atomic E-state index is 13.6. The Morgan fingerprint density at radius 3 is 2.71 bits per heavy atom. The van der Waals surface area contributed by atoms with Gasteiger partial charge in [0.2, 0.25) is 0 Å². The molecule has 0 unspecified atom stereocenters. The molecule has 0 fully saturated rings. The maximum absolute atomic E-state index is 13.6. The van der Waals surface area contributed by atoms with Gasteiger partial charge in [-0.1, -0.05) is 47.2 Å². The van der Waals surface area contributed by atoms with Crippen molar-refractivity contribution in [2.45, 2.75) is 19.9 Å². The highest BCUT2D eigenvalue weighted by atomic mass is 35.5. The number of hydrogen-bond acceptors (Lipinski definition) is 5. The molecule has 158 valence electrons. The van der Waals surface area contributed by atoms with E-state index in [0.717, 1.165) is 0 Å². The molecular weight excluding hydrogens is 439 g/mol. The van der Waals surface area contributed by atoms with Crippen LogP contribution in [0.1, 0.15) is 31.0 Å². The standard InChI is InChI=1S/C23H18ClFN2O3S/c1-3-30-22(29)19-13(2)26-23-27(20(19)15-7-9-16(24)10-8-15)21(28)18(31-23)12-14-5-4-6-17(25)11-14/h4-12,20H,3H2,1-2H3/b18-12-/t20-/m1/s1. The molecule has 31 heavy (non-hydrogen) atoms. The van der Waals surface area contributed by atoms with Crippen molar-refractivity contribution in [1.82, 2.24) is 4.57 Å². The quantitative estimate of drug-likeness (QED) is 0.564. The molecule has 0 saturated carbocycles. The van der Waals surface area contributed by atoms with Crippen molar-refractivity contribution in [2.75, 3.05) is 6.61 Å². The van der Waals surface area contributed by atoms with E-state index in [2.05, 4.69) is 4.99 Å². The first-order valence-corrected chi connectivity index (χ1v) is 10.8. The molecule has 2 heterocycles. The Kier molecular flexibility index (Phi) is 5.89. The van der Waals surface area contributed by atoms with Crippen LogP contribution in [0.25, 0.3) is 6.08 Å². The lowest BCUT2D eigenvalue weighted by atomic mass is 9.96. The average molecular weight is 457 g/mol. The van der Waals surface area contributed by atoms with Crippen molar-refractivity contribution in [2.24, 2.45) is 4.99 Å². The van der Waals surface area contributed by atoms with Crippen LogP contribution < -0.4 is 14.9 Å². The molecule has 3 aromatic rings. The van der Waals surface area contributed by atoms with Gasteiger partial charge in [0.15, 0.2) is 4.80 Å². The number of fused-ring (bicyclic) bond motifs is 1. The molecule has 1 aromatic heterocycles. The molecular formula is C23H18ClFN2O3S. The zero-order valence-corrected chi connectivity index (χ0v) is 18.3. The minimum absolute atomic E-state index is 0.201. The fourth-order valence-electron chi connectivity index (χ4n) is 3.50. The zero-order valence-electron chi connectivity index (χ0n) is 16.8. The van der Waals surface area contributed by atoms with Gasteiger partial charge in [-0.3, -0.25) is 9.36 Å². The molecule has 8 heteroatoms. The lowest BCUT2D eigenvalue weighted by molar-refractivity contribution is -0.139. The largest absolute Gasteiger partial charge is 0.463 e. The number of aromatic nitrogens is 1. The number of ether oxygens (including phenoxy) is 1. The average Bonchev–Trinajstić information content (AvgIpc) is 3.02. The summed E-state index contributed by atoms with van der Waals surface area (Å²) in [7, 11) is 0. The van der Waals surface area contributed by atoms with Crippen LogP contribution in [0.2, 0.25) is 5.02 Å². The highest BCUT2D eigenvalue weighted by molar-refractivity contribution is 7.07. The molecule has 0 saturated heterocycles. The summed E-state index contributed by atoms with van der Waals surface area (Å²) in [6.45, 7) is 3.64. The van der Waals surface area contributed by atoms with E-state index in [0.29, 0.717) is 36.8 Å². The van der Waals surface area contributed by atoms with E-state index < -0.39 is 12.0 Å². The van der Waals surface area contributed by atoms with Crippen LogP contribution >= 0.6 is 22.9 Å². The van der Waals surface area contributed by atoms with Crippen LogP contribution in [0.4, 0.5) is 4.39 Å². The summed E-state index contributed by atoms with van der Waals surface area (Å²) in [4.78, 5) is 31.1. The van der Waals surface area contributed by atoms with E-state index in [-0.39, 0.29) is 18.0 Å². The van der Waals surface area contributed by atoms with E-state index in [1.807, 2.05) is 0 Å². The molecule has 0 bridgehead atoms. The topological polar surface area (TPSA) is 60.7 Å². The molecule has 0 amide bonds. The number of benzene rings is 2. The Labute approximate surface area is 186 Å². The van der Waals surface area contributed by atoms with E-state index in [1.165, 1.54) is 28.0 Å². The lowest BCUT2D eigenvalue weighted by Gasteiger charge is -2.24. The highest BCUT2D eigenvalue weighted by Crippen LogP contribution is 2.31. The molecule has 5 nitrogen and oxygen atoms in total. The van der Waals surface area contributed by atoms with E-state index in [4.69, 9.17) is 16.3 Å². The van der Waals surface area contributed by atoms with E-state index in [1.54, 1.807) is 56.3 Å². The predicted molar refractivity (Wildman–Crippen MR) is 118 cm³/mol. The second kappa shape index (κ2) is 8.61. The molecule has 1 atom stereocenters. The SMILES string of the molecule is CCOC(=O)C1=C(C)N=c2s/c(=C\c3cccc(F)c3)c(=O)n2[C@@H]1c1ccc(Cl)cc1. The number of hydrogen-bond donors (Lipinski definition) is 0. The Balaban J connectivity index is 1.96. The van der Waals surface area contributed by atoms with Gasteiger partial charge in [0.1, 0.15) is 5.82 Å². The van der Waals surface area contributed by atoms with Crippen molar-refractivity contribution in [3.63, 3.8) is 0 Å². The summed E-state index contributed by atoms with van der Waals surface area (Å²) in [6, 6.07) is 12.2. The van der Waals surface area contributed by atoms with Gasteiger partial charge in [-0.2, -0.15) is 0 Å². The fraction of sp³-hybridized carbons (Fsp3) is 0.174. The molecule has 0 spiro atoms. The molecule has 4 rings (SSSR count). The third-order valence-corrected chi connectivity index (χ3v) is 6.08. The first-order chi connectivity index (χ1) is 14.9. The van der Waals surface area contributed by atoms with Crippen molar-refractivity contribution in [3.8, 4) is 0 Å². The van der Waals surface area contributed by atoms with Crippen LogP contribution in [0.5, 0.6) is 0 Å². The molecule has 0 radical (unpaired) electrons. The predicted octanol–water partition coefficient (Wildman–Crippen LogP) is 3.59. The second-order valence-corrected chi connectivity index (χ2v) is 8.35. The van der Waals surface area contributed by atoms with Crippen LogP contribution in [-0.2, 0) is 9.53 Å². The summed E-state index contributed by atoms with van der Waals surface area (Å²) < 4.78 is 20.7. The summed E-state index contributed by atoms with van der Waals surface area (Å²) >= 11 is 7.23. The van der Waals surface area contributed by atoms with Crippen LogP contribution in [-0.4, -0.2) is 17.1 Å². The van der Waals surface area contributed by atoms with Crippen molar-refractivity contribution < 1.29 is 13.9 Å². The number of esters is 1. The van der Waals surface area contributed by atoms with Crippen LogP contribution in [0, 0.1) is 5.82 Å². The van der Waals surface area contributed by atoms with Crippen molar-refractivity contribution in [1.29, 1.82) is 0 Å². The fourth-order valence-corrected chi connectivity index (χ4v) is 4.67. The number of rotatable bonds is 4. The number of nitrogens with zero attached hydrogens (tertiary/aromatic N) is 2. The van der Waals surface area contributed by atoms with Crippen molar-refractivity contribution >= 4 is 35.0 Å². The molecule has 0 aliphatic carbocycles. The smallest absolute Gasteiger partial charge is 0.338 e. The Morgan fingerprint density at radius 2 is 2.03 bits per heavy atom. The number of carbonyl (C=O) groups excluding carboxylic acids is 1. The minimum Gasteiger partial charge on any atom is -0.463 e. The van der Waals surface area contributed by atoms with E-state index in [9.17, 15) is 14.0 Å². The number of thiazole rings is 1. The van der Waals surface area contributed by atoms with Gasteiger partial charge in [-0.15, -0.1) is 0 Å². The Bertz CT molecular complexity index is 1370.